The molecule has 0 saturated carbocycles. The van der Waals surface area contributed by atoms with Crippen molar-refractivity contribution in [1.29, 1.82) is 0 Å². The molecule has 0 bridgehead atoms. The number of hydrogen-bond donors (Lipinski definition) is 0. The molecule has 0 aliphatic rings. The molecule has 0 aliphatic heterocycles. The molecule has 10 aromatic carbocycles. The molecule has 0 aromatic heterocycles. The molecule has 4 nitrogen and oxygen atoms in total. The summed E-state index contributed by atoms with van der Waals surface area (Å²) >= 11 is 43.0. The smallest absolute Gasteiger partial charge is 0.0190 e. The molecule has 0 heterocycles. The van der Waals surface area contributed by atoms with E-state index < -0.39 is 0 Å². The van der Waals surface area contributed by atoms with Crippen LogP contribution in [0.15, 0.2) is 267 Å². The molecule has 18 heteroatoms. The van der Waals surface area contributed by atoms with Crippen molar-refractivity contribution in [1.82, 2.24) is 19.6 Å². The first-order chi connectivity index (χ1) is 37.0. The van der Waals surface area contributed by atoms with Gasteiger partial charge in [0.2, 0.25) is 0 Å². The second kappa shape index (κ2) is 51.1. The average Bonchev–Trinajstić information content (AvgIpc) is 4.27. The zero-order valence-electron chi connectivity index (χ0n) is 45.3. The number of nitrogens with zero attached hydrogens (tertiary/aromatic N) is 4. The minimum Gasteiger partial charge on any atom is -0.800 e. The maximum absolute atomic E-state index is 5.38. The van der Waals surface area contributed by atoms with Gasteiger partial charge in [-0.2, -0.15) is 116 Å². The van der Waals surface area contributed by atoms with Gasteiger partial charge < -0.3 is 150 Å². The summed E-state index contributed by atoms with van der Waals surface area (Å²) < 4.78 is -1.40. The first-order valence-electron chi connectivity index (χ1n) is 24.9. The van der Waals surface area contributed by atoms with Gasteiger partial charge >= 0.3 is 0 Å². The van der Waals surface area contributed by atoms with E-state index in [4.69, 9.17) is 101 Å². The third-order valence-corrected chi connectivity index (χ3v) is 13.8. The summed E-state index contributed by atoms with van der Waals surface area (Å²) in [7, 11) is 0. The Hall–Kier alpha value is -0.795. The van der Waals surface area contributed by atoms with Crippen molar-refractivity contribution in [2.45, 2.75) is 71.2 Å². The largest absolute Gasteiger partial charge is 0.800 e. The Morgan fingerprint density at radius 2 is 0.537 bits per heavy atom. The normalized spacial score (nSPS) is 10.1. The summed E-state index contributed by atoms with van der Waals surface area (Å²) in [5.41, 5.74) is 9.72. The number of benzene rings is 2. The maximum Gasteiger partial charge on any atom is 0.0190 e. The van der Waals surface area contributed by atoms with Gasteiger partial charge in [-0.3, -0.25) is 0 Å². The molecule has 0 aliphatic carbocycles. The maximum atomic E-state index is 5.38. The van der Waals surface area contributed by atoms with Gasteiger partial charge in [0, 0.05) is 133 Å². The summed E-state index contributed by atoms with van der Waals surface area (Å²) in [5, 5.41) is 0. The monoisotopic (exact) mass is 1500 g/mol. The Morgan fingerprint density at radius 1 is 0.317 bits per heavy atom. The summed E-state index contributed by atoms with van der Waals surface area (Å²) in [6.45, 7) is 5.96. The Labute approximate surface area is 603 Å². The van der Waals surface area contributed by atoms with E-state index in [1.54, 1.807) is 0 Å². The van der Waals surface area contributed by atoms with E-state index in [1.165, 1.54) is 44.5 Å². The molecular formula is C64H64Fe4N4S8Zn2-20. The van der Waals surface area contributed by atoms with E-state index in [0.29, 0.717) is 0 Å². The van der Waals surface area contributed by atoms with Crippen molar-refractivity contribution >= 4 is 101 Å². The molecule has 82 heavy (non-hydrogen) atoms. The topological polar surface area (TPSA) is 13.0 Å². The van der Waals surface area contributed by atoms with Gasteiger partial charge in [-0.25, -0.2) is 104 Å². The van der Waals surface area contributed by atoms with Gasteiger partial charge in [-0.1, -0.05) is 48.5 Å². The van der Waals surface area contributed by atoms with Gasteiger partial charge in [0.1, 0.15) is 0 Å². The predicted octanol–water partition coefficient (Wildman–Crippen LogP) is 13.4. The molecule has 0 unspecified atom stereocenters. The molecule has 0 fully saturated rings. The van der Waals surface area contributed by atoms with E-state index in [-0.39, 0.29) is 126 Å². The number of rotatable bonds is 20. The van der Waals surface area contributed by atoms with Crippen LogP contribution in [-0.2, 0) is 261 Å². The van der Waals surface area contributed by atoms with Gasteiger partial charge in [-0.05, 0) is 41.9 Å². The predicted molar refractivity (Wildman–Crippen MR) is 340 cm³/mol. The zero-order valence-corrected chi connectivity index (χ0v) is 62.1. The van der Waals surface area contributed by atoms with Gasteiger partial charge in [-0.15, -0.1) is 16.7 Å². The summed E-state index contributed by atoms with van der Waals surface area (Å²) in [6, 6.07) is 90.2. The van der Waals surface area contributed by atoms with E-state index in [2.05, 4.69) is 117 Å². The fourth-order valence-corrected chi connectivity index (χ4v) is 8.90. The Balaban J connectivity index is 0. The summed E-state index contributed by atoms with van der Waals surface area (Å²) in [6.07, 6.45) is 0. The van der Waals surface area contributed by atoms with E-state index in [9.17, 15) is 0 Å². The fourth-order valence-electron chi connectivity index (χ4n) is 7.71. The van der Waals surface area contributed by atoms with Gasteiger partial charge in [0.25, 0.3) is 0 Å². The molecule has 444 valence electrons. The van der Waals surface area contributed by atoms with Crippen molar-refractivity contribution in [3.05, 3.63) is 311 Å². The minimum absolute atomic E-state index is 0. The molecule has 0 saturated heterocycles. The summed E-state index contributed by atoms with van der Waals surface area (Å²) in [5.74, 6) is 0. The summed E-state index contributed by atoms with van der Waals surface area (Å²) in [4.78, 5) is 8.52. The zero-order chi connectivity index (χ0) is 54.0. The number of hydrogen-bond acceptors (Lipinski definition) is 12. The molecule has 0 N–H and O–H groups in total. The van der Waals surface area contributed by atoms with Crippen molar-refractivity contribution in [3.8, 4) is 0 Å². The standard InChI is InChI=1S/2C22H26N2S4.4C5H5.4Fe.2Zn/c2*25-21(26)23(13-17-6-1-2-7-17)15-19-10-5-11-20(12-19)16-24(22(27)28)14-18-8-3-4-9-18;4*1-2-4-5-3-1;;;;;;/h2*1-12,21-22,25-28H,13-16H2;4*1-5H;;;;;;/q-6;-2;4*-1;;;;;;/p-8. The molecule has 0 amide bonds. The van der Waals surface area contributed by atoms with Crippen LogP contribution in [0.25, 0.3) is 0 Å². The van der Waals surface area contributed by atoms with Crippen LogP contribution in [0.4, 0.5) is 0 Å². The van der Waals surface area contributed by atoms with Crippen molar-refractivity contribution in [3.63, 3.8) is 0 Å². The second-order valence-corrected chi connectivity index (χ2v) is 22.3. The average molecular weight is 1500 g/mol. The van der Waals surface area contributed by atoms with Crippen LogP contribution >= 0.6 is 0 Å². The van der Waals surface area contributed by atoms with E-state index in [0.717, 1.165) is 52.4 Å². The van der Waals surface area contributed by atoms with Crippen LogP contribution in [0.2, 0.25) is 0 Å². The Bertz CT molecular complexity index is 2330. The fraction of sp³-hybridized carbons (Fsp3) is 0.188. The van der Waals surface area contributed by atoms with Crippen molar-refractivity contribution in [2.75, 3.05) is 0 Å². The molecule has 0 radical (unpaired) electrons. The SMILES string of the molecule is [Fe].[Fe].[Fe].[Fe].[S-]C([S-])N(Cc1cccc(CN(C[c-]2[cH-][cH-][cH-][cH-]2)C([S-])[S-])c1)C[c-]1cccc1.[S-]C([S-])N(Cc1cccc(CN(C[c-]2cccc2)C([S-])[S-])c1)C[c-]1cccc1.[Zn].[Zn].c1cc[cH-]c1.c1cc[cH-]c1.c1cc[cH-]c1.c1cc[cH-]c1. The quantitative estimate of drug-likeness (QED) is 0.0410. The molecule has 10 aromatic rings. The van der Waals surface area contributed by atoms with Crippen LogP contribution in [0.3, 0.4) is 0 Å². The first-order valence-corrected chi connectivity index (χ1v) is 28.7. The van der Waals surface area contributed by atoms with Crippen LogP contribution in [0.1, 0.15) is 44.5 Å². The van der Waals surface area contributed by atoms with Gasteiger partial charge in [0.15, 0.2) is 0 Å². The molecule has 0 spiro atoms. The minimum atomic E-state index is -0.350. The van der Waals surface area contributed by atoms with Crippen molar-refractivity contribution < 1.29 is 107 Å². The van der Waals surface area contributed by atoms with Crippen LogP contribution in [0, 0.1) is 0 Å². The third kappa shape index (κ3) is 36.5. The van der Waals surface area contributed by atoms with Crippen LogP contribution in [0.5, 0.6) is 0 Å². The first kappa shape index (κ1) is 83.3. The third-order valence-electron chi connectivity index (χ3n) is 11.4. The molecule has 0 atom stereocenters. The molecule has 10 rings (SSSR count). The van der Waals surface area contributed by atoms with Crippen LogP contribution in [-0.4, -0.2) is 38.4 Å². The Kier molecular flexibility index (Phi) is 51.9. The molecular weight excluding hydrogens is 1440 g/mol. The van der Waals surface area contributed by atoms with E-state index >= 15 is 0 Å². The Morgan fingerprint density at radius 3 is 0.732 bits per heavy atom. The second-order valence-electron chi connectivity index (χ2n) is 17.5. The van der Waals surface area contributed by atoms with E-state index in [1.807, 2.05) is 170 Å². The van der Waals surface area contributed by atoms with Crippen molar-refractivity contribution in [2.24, 2.45) is 0 Å². The van der Waals surface area contributed by atoms with Gasteiger partial charge in [0.05, 0.1) is 0 Å². The van der Waals surface area contributed by atoms with Crippen LogP contribution < -0.4 is 0 Å².